The molecule has 0 bridgehead atoms. The van der Waals surface area contributed by atoms with Crippen LogP contribution in [-0.4, -0.2) is 77.3 Å². The molecule has 2 heterocycles. The number of carbonyl (C=O) groups is 3. The van der Waals surface area contributed by atoms with Crippen LogP contribution in [-0.2, 0) is 30.2 Å². The van der Waals surface area contributed by atoms with Crippen molar-refractivity contribution in [2.45, 2.75) is 44.1 Å². The Labute approximate surface area is 200 Å². The number of benzene rings is 1. The lowest BCUT2D eigenvalue weighted by Gasteiger charge is -2.37. The van der Waals surface area contributed by atoms with Crippen LogP contribution in [0.1, 0.15) is 25.3 Å². The molecule has 0 aromatic heterocycles. The van der Waals surface area contributed by atoms with Gasteiger partial charge in [0.15, 0.2) is 11.6 Å². The lowest BCUT2D eigenvalue weighted by atomic mass is 9.93. The maximum absolute atomic E-state index is 13.3. The van der Waals surface area contributed by atoms with Crippen molar-refractivity contribution < 1.29 is 38.8 Å². The van der Waals surface area contributed by atoms with Gasteiger partial charge >= 0.3 is 6.09 Å². The summed E-state index contributed by atoms with van der Waals surface area (Å²) in [4.78, 5) is 39.3. The number of amides is 2. The number of nitrogens with zero attached hydrogens (tertiary/aromatic N) is 1. The molecule has 3 rings (SSSR count). The monoisotopic (exact) mass is 525 g/mol. The third-order valence-corrected chi connectivity index (χ3v) is 6.49. The van der Waals surface area contributed by atoms with E-state index in [1.54, 1.807) is 0 Å². The van der Waals surface area contributed by atoms with Crippen molar-refractivity contribution in [3.63, 3.8) is 0 Å². The number of imide groups is 1. The Morgan fingerprint density at radius 1 is 1.30 bits per heavy atom. The molecule has 2 amide bonds. The second kappa shape index (κ2) is 11.3. The number of rotatable bonds is 10. The zero-order chi connectivity index (χ0) is 24.0. The Morgan fingerprint density at radius 2 is 2.03 bits per heavy atom. The molecule has 4 atom stereocenters. The average Bonchev–Trinajstić information content (AvgIpc) is 3.16. The molecule has 0 radical (unpaired) electrons. The van der Waals surface area contributed by atoms with Crippen molar-refractivity contribution >= 4 is 33.7 Å². The Balaban J connectivity index is 1.70. The highest BCUT2D eigenvalue weighted by Crippen LogP contribution is 2.36. The van der Waals surface area contributed by atoms with E-state index in [1.165, 1.54) is 13.0 Å². The summed E-state index contributed by atoms with van der Waals surface area (Å²) in [5.41, 5.74) is 0.945. The van der Waals surface area contributed by atoms with E-state index in [4.69, 9.17) is 19.3 Å². The summed E-state index contributed by atoms with van der Waals surface area (Å²) in [5, 5.41) is 19.7. The zero-order valence-electron chi connectivity index (χ0n) is 18.3. The van der Waals surface area contributed by atoms with Crippen molar-refractivity contribution in [3.05, 3.63) is 46.5 Å². The quantitative estimate of drug-likeness (QED) is 0.444. The van der Waals surface area contributed by atoms with Gasteiger partial charge in [0.25, 0.3) is 0 Å². The molecule has 1 saturated heterocycles. The maximum atomic E-state index is 13.3. The molecule has 2 aliphatic heterocycles. The molecule has 0 aliphatic carbocycles. The van der Waals surface area contributed by atoms with Crippen LogP contribution in [0, 0.1) is 5.92 Å². The van der Waals surface area contributed by atoms with Crippen molar-refractivity contribution in [1.82, 2.24) is 4.90 Å². The topological polar surface area (TPSA) is 123 Å². The molecule has 10 heteroatoms. The van der Waals surface area contributed by atoms with E-state index in [1.807, 2.05) is 30.3 Å². The molecule has 1 aromatic carbocycles. The Bertz CT molecular complexity index is 892. The summed E-state index contributed by atoms with van der Waals surface area (Å²) in [5.74, 6) is -3.94. The van der Waals surface area contributed by atoms with E-state index in [0.29, 0.717) is 12.8 Å². The second-order valence-corrected chi connectivity index (χ2v) is 8.93. The van der Waals surface area contributed by atoms with Gasteiger partial charge in [-0.1, -0.05) is 37.3 Å². The van der Waals surface area contributed by atoms with Crippen LogP contribution in [0.4, 0.5) is 4.79 Å². The molecule has 1 aromatic rings. The minimum absolute atomic E-state index is 0.0644. The highest BCUT2D eigenvalue weighted by molar-refractivity contribution is 9.11. The molecule has 180 valence electrons. The zero-order valence-corrected chi connectivity index (χ0v) is 19.9. The number of halogens is 1. The fourth-order valence-corrected chi connectivity index (χ4v) is 4.38. The van der Waals surface area contributed by atoms with Crippen LogP contribution in [0.2, 0.25) is 0 Å². The number of aliphatic hydroxyl groups excluding tert-OH is 1. The van der Waals surface area contributed by atoms with Crippen LogP contribution in [0.3, 0.4) is 0 Å². The summed E-state index contributed by atoms with van der Waals surface area (Å²) in [6.45, 7) is 1.91. The van der Waals surface area contributed by atoms with Gasteiger partial charge in [0.2, 0.25) is 5.91 Å². The van der Waals surface area contributed by atoms with Crippen molar-refractivity contribution in [2.75, 3.05) is 26.4 Å². The molecule has 0 spiro atoms. The normalized spacial score (nSPS) is 26.2. The first kappa shape index (κ1) is 25.5. The van der Waals surface area contributed by atoms with Gasteiger partial charge in [-0.3, -0.25) is 9.59 Å². The SMILES string of the molecule is C[C@@H](C(=O)N1C(=O)OC[C@H]1Cc1ccccc1)[C@@H]1O[C@@](O)(CCCOCCO)C(Br)=CC1=O. The first-order valence-electron chi connectivity index (χ1n) is 10.8. The van der Waals surface area contributed by atoms with E-state index >= 15 is 0 Å². The summed E-state index contributed by atoms with van der Waals surface area (Å²) in [6, 6.07) is 8.91. The van der Waals surface area contributed by atoms with E-state index in [-0.39, 0.29) is 37.3 Å². The van der Waals surface area contributed by atoms with Crippen molar-refractivity contribution in [3.8, 4) is 0 Å². The van der Waals surface area contributed by atoms with Crippen LogP contribution in [0.15, 0.2) is 40.9 Å². The molecular formula is C23H28BrNO8. The second-order valence-electron chi connectivity index (χ2n) is 8.07. The smallest absolute Gasteiger partial charge is 0.416 e. The summed E-state index contributed by atoms with van der Waals surface area (Å²) < 4.78 is 16.2. The summed E-state index contributed by atoms with van der Waals surface area (Å²) in [6.07, 6.45) is 0.0874. The molecule has 9 nitrogen and oxygen atoms in total. The minimum Gasteiger partial charge on any atom is -0.447 e. The van der Waals surface area contributed by atoms with Gasteiger partial charge in [0, 0.05) is 13.0 Å². The minimum atomic E-state index is -1.81. The number of hydrogen-bond donors (Lipinski definition) is 2. The number of ether oxygens (including phenoxy) is 3. The van der Waals surface area contributed by atoms with Crippen LogP contribution >= 0.6 is 15.9 Å². The van der Waals surface area contributed by atoms with E-state index in [0.717, 1.165) is 10.5 Å². The Morgan fingerprint density at radius 3 is 2.73 bits per heavy atom. The molecule has 0 unspecified atom stereocenters. The number of hydrogen-bond acceptors (Lipinski definition) is 8. The van der Waals surface area contributed by atoms with Gasteiger partial charge in [-0.2, -0.15) is 0 Å². The molecular weight excluding hydrogens is 498 g/mol. The van der Waals surface area contributed by atoms with Gasteiger partial charge in [-0.25, -0.2) is 9.69 Å². The largest absolute Gasteiger partial charge is 0.447 e. The van der Waals surface area contributed by atoms with Gasteiger partial charge < -0.3 is 24.4 Å². The summed E-state index contributed by atoms with van der Waals surface area (Å²) in [7, 11) is 0. The number of cyclic esters (lactones) is 1. The van der Waals surface area contributed by atoms with Crippen LogP contribution < -0.4 is 0 Å². The van der Waals surface area contributed by atoms with Crippen molar-refractivity contribution in [2.24, 2.45) is 5.92 Å². The number of aliphatic hydroxyl groups is 2. The van der Waals surface area contributed by atoms with E-state index in [9.17, 15) is 19.5 Å². The molecule has 33 heavy (non-hydrogen) atoms. The van der Waals surface area contributed by atoms with Crippen LogP contribution in [0.5, 0.6) is 0 Å². The third-order valence-electron chi connectivity index (χ3n) is 5.64. The number of ketones is 1. The predicted molar refractivity (Wildman–Crippen MR) is 120 cm³/mol. The van der Waals surface area contributed by atoms with Crippen LogP contribution in [0.25, 0.3) is 0 Å². The highest BCUT2D eigenvalue weighted by Gasteiger charge is 2.48. The lowest BCUT2D eigenvalue weighted by molar-refractivity contribution is -0.217. The summed E-state index contributed by atoms with van der Waals surface area (Å²) >= 11 is 3.19. The Kier molecular flexibility index (Phi) is 8.77. The Hall–Kier alpha value is -2.11. The molecule has 1 fully saturated rings. The predicted octanol–water partition coefficient (Wildman–Crippen LogP) is 1.94. The molecule has 0 saturated carbocycles. The fraction of sp³-hybridized carbons (Fsp3) is 0.522. The first-order valence-corrected chi connectivity index (χ1v) is 11.6. The average molecular weight is 526 g/mol. The fourth-order valence-electron chi connectivity index (χ4n) is 3.87. The van der Waals surface area contributed by atoms with Gasteiger partial charge in [0.1, 0.15) is 12.7 Å². The van der Waals surface area contributed by atoms with Crippen molar-refractivity contribution in [1.29, 1.82) is 0 Å². The van der Waals surface area contributed by atoms with E-state index in [2.05, 4.69) is 15.9 Å². The first-order chi connectivity index (χ1) is 15.8. The molecule has 2 N–H and O–H groups in total. The lowest BCUT2D eigenvalue weighted by Crippen LogP contribution is -2.52. The van der Waals surface area contributed by atoms with Gasteiger partial charge in [-0.05, 0) is 40.4 Å². The highest BCUT2D eigenvalue weighted by atomic mass is 79.9. The van der Waals surface area contributed by atoms with Gasteiger partial charge in [0.05, 0.1) is 29.7 Å². The maximum Gasteiger partial charge on any atom is 0.416 e. The van der Waals surface area contributed by atoms with Gasteiger partial charge in [-0.15, -0.1) is 0 Å². The standard InChI is InChI=1S/C23H28BrNO8/c1-15(20-18(27)13-19(24)23(30,33-20)8-5-10-31-11-9-26)21(28)25-17(14-32-22(25)29)12-16-6-3-2-4-7-16/h2-4,6-7,13,15,17,20,26,30H,5,8-12,14H2,1H3/t15-,17-,20+,23+/m1/s1. The molecule has 2 aliphatic rings. The number of carbonyl (C=O) groups excluding carboxylic acids is 3. The van der Waals surface area contributed by atoms with E-state index < -0.39 is 41.6 Å². The third kappa shape index (κ3) is 6.07.